The smallest absolute Gasteiger partial charge is 0.287 e. The number of alkyl halides is 3. The lowest BCUT2D eigenvalue weighted by molar-refractivity contribution is -0.151. The average molecular weight is 274 g/mol. The van der Waals surface area contributed by atoms with E-state index in [0.29, 0.717) is 10.0 Å². The predicted octanol–water partition coefficient (Wildman–Crippen LogP) is 2.96. The van der Waals surface area contributed by atoms with E-state index in [1.165, 1.54) is 4.90 Å². The van der Waals surface area contributed by atoms with Crippen LogP contribution in [0.25, 0.3) is 0 Å². The molecule has 0 aromatic carbocycles. The minimum absolute atomic E-state index is 0.0620. The number of hydrogen-bond acceptors (Lipinski definition) is 4. The van der Waals surface area contributed by atoms with Crippen molar-refractivity contribution < 1.29 is 13.2 Å². The van der Waals surface area contributed by atoms with Gasteiger partial charge in [-0.3, -0.25) is 4.90 Å². The Balaban J connectivity index is 2.69. The Bertz CT molecular complexity index is 340. The number of hydrogen-bond donors (Lipinski definition) is 0. The molecule has 0 amide bonds. The molecule has 1 heterocycles. The fraction of sp³-hybridized carbons (Fsp3) is 0.750. The van der Waals surface area contributed by atoms with Crippen molar-refractivity contribution in [3.05, 3.63) is 10.0 Å². The zero-order chi connectivity index (χ0) is 12.3. The molecule has 0 N–H and O–H groups in total. The topological polar surface area (TPSA) is 29.0 Å². The van der Waals surface area contributed by atoms with Gasteiger partial charge in [-0.1, -0.05) is 16.1 Å². The molecule has 0 bridgehead atoms. The zero-order valence-electron chi connectivity index (χ0n) is 8.75. The third-order valence-electron chi connectivity index (χ3n) is 1.97. The zero-order valence-corrected chi connectivity index (χ0v) is 10.3. The molecule has 3 nitrogen and oxygen atoms in total. The Labute approximate surface area is 100 Å². The highest BCUT2D eigenvalue weighted by Gasteiger charge is 2.32. The summed E-state index contributed by atoms with van der Waals surface area (Å²) in [6.07, 6.45) is -4.22. The molecular formula is C8H11ClF3N3S. The molecule has 0 atom stereocenters. The summed E-state index contributed by atoms with van der Waals surface area (Å²) in [5.74, 6) is 0. The van der Waals surface area contributed by atoms with E-state index in [0.717, 1.165) is 11.5 Å². The van der Waals surface area contributed by atoms with Gasteiger partial charge in [0.2, 0.25) is 0 Å². The molecule has 1 aromatic rings. The van der Waals surface area contributed by atoms with Gasteiger partial charge in [0, 0.05) is 24.1 Å². The van der Waals surface area contributed by atoms with E-state index >= 15 is 0 Å². The van der Waals surface area contributed by atoms with Crippen LogP contribution in [0.2, 0.25) is 4.34 Å². The first-order valence-electron chi connectivity index (χ1n) is 4.57. The molecule has 0 unspecified atom stereocenters. The molecule has 0 radical (unpaired) electrons. The largest absolute Gasteiger partial charge is 0.401 e. The average Bonchev–Trinajstić information content (AvgIpc) is 2.48. The van der Waals surface area contributed by atoms with Crippen molar-refractivity contribution in [2.45, 2.75) is 32.6 Å². The molecule has 0 fully saturated rings. The fourth-order valence-electron chi connectivity index (χ4n) is 1.14. The van der Waals surface area contributed by atoms with Crippen LogP contribution in [0.3, 0.4) is 0 Å². The molecule has 16 heavy (non-hydrogen) atoms. The number of halogens is 4. The Morgan fingerprint density at radius 3 is 2.44 bits per heavy atom. The fourth-order valence-corrected chi connectivity index (χ4v) is 1.75. The van der Waals surface area contributed by atoms with Crippen LogP contribution in [-0.4, -0.2) is 33.2 Å². The third-order valence-corrected chi connectivity index (χ3v) is 2.96. The van der Waals surface area contributed by atoms with Gasteiger partial charge < -0.3 is 0 Å². The highest BCUT2D eigenvalue weighted by atomic mass is 35.5. The number of nitrogens with zero attached hydrogens (tertiary/aromatic N) is 3. The molecule has 92 valence electrons. The van der Waals surface area contributed by atoms with E-state index in [1.807, 2.05) is 0 Å². The van der Waals surface area contributed by atoms with E-state index in [9.17, 15) is 13.2 Å². The molecule has 0 aliphatic heterocycles. The molecule has 0 aliphatic carbocycles. The van der Waals surface area contributed by atoms with Crippen LogP contribution >= 0.6 is 23.1 Å². The Kier molecular flexibility index (Phi) is 4.52. The normalized spacial score (nSPS) is 12.8. The highest BCUT2D eigenvalue weighted by molar-refractivity contribution is 7.10. The first kappa shape index (κ1) is 13.7. The molecular weight excluding hydrogens is 263 g/mol. The number of aromatic nitrogens is 2. The van der Waals surface area contributed by atoms with Gasteiger partial charge in [0.1, 0.15) is 10.0 Å². The molecule has 0 saturated carbocycles. The summed E-state index contributed by atoms with van der Waals surface area (Å²) in [5.41, 5.74) is 0.393. The van der Waals surface area contributed by atoms with E-state index in [4.69, 9.17) is 11.6 Å². The lowest BCUT2D eigenvalue weighted by Crippen LogP contribution is -2.38. The van der Waals surface area contributed by atoms with Gasteiger partial charge in [-0.2, -0.15) is 13.2 Å². The van der Waals surface area contributed by atoms with Gasteiger partial charge in [0.15, 0.2) is 0 Å². The Hall–Kier alpha value is -0.400. The van der Waals surface area contributed by atoms with E-state index in [1.54, 1.807) is 13.8 Å². The van der Waals surface area contributed by atoms with Crippen molar-refractivity contribution >= 4 is 23.1 Å². The van der Waals surface area contributed by atoms with Gasteiger partial charge in [-0.15, -0.1) is 5.10 Å². The van der Waals surface area contributed by atoms with Crippen LogP contribution < -0.4 is 0 Å². The SMILES string of the molecule is CC(C)N(Cc1nnsc1Cl)CC(F)(F)F. The lowest BCUT2D eigenvalue weighted by atomic mass is 10.3. The van der Waals surface area contributed by atoms with Gasteiger partial charge in [0.25, 0.3) is 0 Å². The maximum Gasteiger partial charge on any atom is 0.401 e. The summed E-state index contributed by atoms with van der Waals surface area (Å²) >= 11 is 6.72. The maximum absolute atomic E-state index is 12.3. The second-order valence-corrected chi connectivity index (χ2v) is 4.96. The van der Waals surface area contributed by atoms with Crippen LogP contribution in [0.15, 0.2) is 0 Å². The summed E-state index contributed by atoms with van der Waals surface area (Å²) in [5, 5.41) is 3.70. The van der Waals surface area contributed by atoms with Crippen molar-refractivity contribution in [1.29, 1.82) is 0 Å². The van der Waals surface area contributed by atoms with Crippen molar-refractivity contribution in [3.8, 4) is 0 Å². The van der Waals surface area contributed by atoms with E-state index in [-0.39, 0.29) is 12.6 Å². The van der Waals surface area contributed by atoms with Crippen LogP contribution in [0.1, 0.15) is 19.5 Å². The molecule has 8 heteroatoms. The molecule has 0 aliphatic rings. The van der Waals surface area contributed by atoms with Gasteiger partial charge in [-0.05, 0) is 13.8 Å². The van der Waals surface area contributed by atoms with Crippen molar-refractivity contribution in [2.24, 2.45) is 0 Å². The molecule has 0 spiro atoms. The Morgan fingerprint density at radius 1 is 1.44 bits per heavy atom. The van der Waals surface area contributed by atoms with E-state index in [2.05, 4.69) is 9.59 Å². The molecule has 1 rings (SSSR count). The van der Waals surface area contributed by atoms with Crippen molar-refractivity contribution in [1.82, 2.24) is 14.5 Å². The standard InChI is InChI=1S/C8H11ClF3N3S/c1-5(2)15(4-8(10,11)12)3-6-7(9)16-14-13-6/h5H,3-4H2,1-2H3. The van der Waals surface area contributed by atoms with Gasteiger partial charge in [-0.25, -0.2) is 0 Å². The third kappa shape index (κ3) is 4.23. The van der Waals surface area contributed by atoms with E-state index < -0.39 is 12.7 Å². The monoisotopic (exact) mass is 273 g/mol. The Morgan fingerprint density at radius 2 is 2.06 bits per heavy atom. The molecule has 1 aromatic heterocycles. The minimum Gasteiger partial charge on any atom is -0.287 e. The minimum atomic E-state index is -4.22. The van der Waals surface area contributed by atoms with Gasteiger partial charge >= 0.3 is 6.18 Å². The predicted molar refractivity (Wildman–Crippen MR) is 56.5 cm³/mol. The summed E-state index contributed by atoms with van der Waals surface area (Å²) in [6, 6.07) is -0.237. The highest BCUT2D eigenvalue weighted by Crippen LogP contribution is 2.23. The quantitative estimate of drug-likeness (QED) is 0.845. The van der Waals surface area contributed by atoms with Crippen LogP contribution in [0, 0.1) is 0 Å². The van der Waals surface area contributed by atoms with Crippen molar-refractivity contribution in [3.63, 3.8) is 0 Å². The first-order valence-corrected chi connectivity index (χ1v) is 5.72. The summed E-state index contributed by atoms with van der Waals surface area (Å²) in [6.45, 7) is 2.48. The van der Waals surface area contributed by atoms with Crippen molar-refractivity contribution in [2.75, 3.05) is 6.54 Å². The summed E-state index contributed by atoms with van der Waals surface area (Å²) < 4.78 is 40.8. The van der Waals surface area contributed by atoms with Crippen LogP contribution in [-0.2, 0) is 6.54 Å². The summed E-state index contributed by atoms with van der Waals surface area (Å²) in [7, 11) is 0. The lowest BCUT2D eigenvalue weighted by Gasteiger charge is -2.26. The maximum atomic E-state index is 12.3. The van der Waals surface area contributed by atoms with Gasteiger partial charge in [0.05, 0.1) is 6.54 Å². The van der Waals surface area contributed by atoms with Crippen LogP contribution in [0.4, 0.5) is 13.2 Å². The first-order chi connectivity index (χ1) is 7.29. The number of rotatable bonds is 4. The molecule has 0 saturated heterocycles. The van der Waals surface area contributed by atoms with Crippen LogP contribution in [0.5, 0.6) is 0 Å². The second-order valence-electron chi connectivity index (χ2n) is 3.61. The summed E-state index contributed by atoms with van der Waals surface area (Å²) in [4.78, 5) is 1.25. The second kappa shape index (κ2) is 5.29.